The quantitative estimate of drug-likeness (QED) is 0.649. The lowest BCUT2D eigenvalue weighted by Crippen LogP contribution is -2.51. The topological polar surface area (TPSA) is 62.6 Å². The highest BCUT2D eigenvalue weighted by molar-refractivity contribution is 7.91. The first-order valence-corrected chi connectivity index (χ1v) is 13.6. The number of benzene rings is 1. The Morgan fingerprint density at radius 2 is 1.78 bits per heavy atom. The summed E-state index contributed by atoms with van der Waals surface area (Å²) in [6, 6.07) is 8.90. The van der Waals surface area contributed by atoms with Crippen molar-refractivity contribution in [1.29, 1.82) is 0 Å². The van der Waals surface area contributed by atoms with Crippen molar-refractivity contribution < 1.29 is 13.2 Å². The van der Waals surface area contributed by atoms with Crippen LogP contribution in [0, 0.1) is 13.8 Å². The minimum absolute atomic E-state index is 0.157. The molecule has 2 aromatic rings. The largest absolute Gasteiger partial charge is 0.318 e. The molecule has 2 saturated heterocycles. The molecule has 0 saturated carbocycles. The molecular formula is C25H33N3O3S. The maximum atomic E-state index is 13.2. The van der Waals surface area contributed by atoms with Crippen molar-refractivity contribution in [3.8, 4) is 5.69 Å². The fourth-order valence-corrected chi connectivity index (χ4v) is 7.54. The van der Waals surface area contributed by atoms with Gasteiger partial charge in [-0.1, -0.05) is 6.07 Å². The zero-order valence-corrected chi connectivity index (χ0v) is 20.0. The van der Waals surface area contributed by atoms with Gasteiger partial charge in [0.25, 0.3) is 0 Å². The minimum Gasteiger partial charge on any atom is -0.318 e. The number of carbonyl (C=O) groups is 1. The smallest absolute Gasteiger partial charge is 0.178 e. The number of aryl methyl sites for hydroxylation is 3. The van der Waals surface area contributed by atoms with E-state index in [2.05, 4.69) is 39.5 Å². The molecule has 1 aliphatic carbocycles. The van der Waals surface area contributed by atoms with Gasteiger partial charge in [-0.2, -0.15) is 0 Å². The van der Waals surface area contributed by atoms with Gasteiger partial charge in [0.15, 0.2) is 15.6 Å². The van der Waals surface area contributed by atoms with E-state index in [1.807, 2.05) is 13.0 Å². The fraction of sp³-hybridized carbons (Fsp3) is 0.560. The molecule has 0 bridgehead atoms. The SMILES string of the molecule is Cc1cc(C(=O)CN2CCN(C3CCS(=O)(=O)C3)CC2)c(C)n1-c1ccc2c(c1)CCC2. The molecule has 0 amide bonds. The van der Waals surface area contributed by atoms with Crippen LogP contribution in [0.15, 0.2) is 24.3 Å². The van der Waals surface area contributed by atoms with Crippen LogP contribution >= 0.6 is 0 Å². The second kappa shape index (κ2) is 8.43. The first-order valence-electron chi connectivity index (χ1n) is 11.8. The monoisotopic (exact) mass is 455 g/mol. The lowest BCUT2D eigenvalue weighted by atomic mass is 10.1. The van der Waals surface area contributed by atoms with Gasteiger partial charge in [-0.15, -0.1) is 0 Å². The van der Waals surface area contributed by atoms with E-state index in [0.29, 0.717) is 18.1 Å². The Kier molecular flexibility index (Phi) is 5.76. The second-order valence-corrected chi connectivity index (χ2v) is 11.9. The molecule has 0 N–H and O–H groups in total. The van der Waals surface area contributed by atoms with Crippen LogP contribution in [0.5, 0.6) is 0 Å². The van der Waals surface area contributed by atoms with Crippen LogP contribution in [0.1, 0.15) is 45.7 Å². The Morgan fingerprint density at radius 3 is 2.50 bits per heavy atom. The Labute approximate surface area is 191 Å². The highest BCUT2D eigenvalue weighted by Crippen LogP contribution is 2.28. The standard InChI is InChI=1S/C25H33N3O3S/c1-18-14-24(19(2)28(18)22-7-6-20-4-3-5-21(20)15-22)25(29)16-26-9-11-27(12-10-26)23-8-13-32(30,31)17-23/h6-7,14-15,23H,3-5,8-13,16-17H2,1-2H3. The van der Waals surface area contributed by atoms with E-state index >= 15 is 0 Å². The first-order chi connectivity index (χ1) is 15.3. The third kappa shape index (κ3) is 4.18. The minimum atomic E-state index is -2.86. The predicted octanol–water partition coefficient (Wildman–Crippen LogP) is 2.57. The summed E-state index contributed by atoms with van der Waals surface area (Å²) in [6.07, 6.45) is 4.30. The highest BCUT2D eigenvalue weighted by atomic mass is 32.2. The van der Waals surface area contributed by atoms with Gasteiger partial charge in [0.1, 0.15) is 0 Å². The molecule has 1 unspecified atom stereocenters. The van der Waals surface area contributed by atoms with Gasteiger partial charge in [-0.05, 0) is 68.9 Å². The summed E-state index contributed by atoms with van der Waals surface area (Å²) < 4.78 is 25.8. The van der Waals surface area contributed by atoms with Crippen LogP contribution in [0.2, 0.25) is 0 Å². The molecule has 1 aromatic heterocycles. The van der Waals surface area contributed by atoms with Crippen LogP contribution in [0.4, 0.5) is 0 Å². The second-order valence-electron chi connectivity index (χ2n) is 9.72. The summed E-state index contributed by atoms with van der Waals surface area (Å²) in [4.78, 5) is 17.7. The number of piperazine rings is 1. The molecular weight excluding hydrogens is 422 g/mol. The molecule has 0 spiro atoms. The normalized spacial score (nSPS) is 23.5. The van der Waals surface area contributed by atoms with Gasteiger partial charge in [0.2, 0.25) is 0 Å². The Hall–Kier alpha value is -1.96. The molecule has 5 rings (SSSR count). The number of nitrogens with zero attached hydrogens (tertiary/aromatic N) is 3. The van der Waals surface area contributed by atoms with Crippen LogP contribution in [0.3, 0.4) is 0 Å². The fourth-order valence-electron chi connectivity index (χ4n) is 5.78. The molecule has 172 valence electrons. The molecule has 3 heterocycles. The van der Waals surface area contributed by atoms with Crippen LogP contribution < -0.4 is 0 Å². The molecule has 1 atom stereocenters. The summed E-state index contributed by atoms with van der Waals surface area (Å²) in [5, 5.41) is 0. The van der Waals surface area contributed by atoms with Gasteiger partial charge in [-0.3, -0.25) is 14.6 Å². The number of hydrogen-bond acceptors (Lipinski definition) is 5. The van der Waals surface area contributed by atoms with Crippen LogP contribution in [0.25, 0.3) is 5.69 Å². The summed E-state index contributed by atoms with van der Waals surface area (Å²) in [6.45, 7) is 7.84. The number of sulfone groups is 1. The third-order valence-electron chi connectivity index (χ3n) is 7.57. The maximum absolute atomic E-state index is 13.2. The van der Waals surface area contributed by atoms with Crippen LogP contribution in [-0.2, 0) is 22.7 Å². The molecule has 2 fully saturated rings. The number of hydrogen-bond donors (Lipinski definition) is 0. The maximum Gasteiger partial charge on any atom is 0.178 e. The molecule has 32 heavy (non-hydrogen) atoms. The van der Waals surface area contributed by atoms with Gasteiger partial charge in [0.05, 0.1) is 18.1 Å². The lowest BCUT2D eigenvalue weighted by molar-refractivity contribution is 0.0796. The Bertz CT molecular complexity index is 1140. The average molecular weight is 456 g/mol. The van der Waals surface area contributed by atoms with Gasteiger partial charge in [-0.25, -0.2) is 8.42 Å². The van der Waals surface area contributed by atoms with E-state index in [0.717, 1.165) is 61.7 Å². The van der Waals surface area contributed by atoms with Gasteiger partial charge in [0, 0.05) is 54.9 Å². The van der Waals surface area contributed by atoms with E-state index in [1.54, 1.807) is 0 Å². The molecule has 2 aliphatic heterocycles. The van der Waals surface area contributed by atoms with E-state index in [4.69, 9.17) is 0 Å². The number of rotatable bonds is 5. The van der Waals surface area contributed by atoms with Crippen molar-refractivity contribution in [3.05, 3.63) is 52.3 Å². The number of fused-ring (bicyclic) bond motifs is 1. The summed E-state index contributed by atoms with van der Waals surface area (Å²) >= 11 is 0. The Balaban J connectivity index is 1.24. The van der Waals surface area contributed by atoms with Crippen molar-refractivity contribution in [1.82, 2.24) is 14.4 Å². The first kappa shape index (κ1) is 21.9. The van der Waals surface area contributed by atoms with Crippen molar-refractivity contribution in [2.45, 2.75) is 45.6 Å². The van der Waals surface area contributed by atoms with E-state index in [9.17, 15) is 13.2 Å². The zero-order chi connectivity index (χ0) is 22.5. The molecule has 1 aromatic carbocycles. The summed E-state index contributed by atoms with van der Waals surface area (Å²) in [5.41, 5.74) is 6.97. The van der Waals surface area contributed by atoms with E-state index in [-0.39, 0.29) is 11.8 Å². The molecule has 3 aliphatic rings. The molecule has 6 nitrogen and oxygen atoms in total. The average Bonchev–Trinajstić information content (AvgIpc) is 3.45. The van der Waals surface area contributed by atoms with E-state index < -0.39 is 9.84 Å². The van der Waals surface area contributed by atoms with Crippen molar-refractivity contribution in [2.24, 2.45) is 0 Å². The summed E-state index contributed by atoms with van der Waals surface area (Å²) in [7, 11) is -2.86. The van der Waals surface area contributed by atoms with Crippen molar-refractivity contribution >= 4 is 15.6 Å². The van der Waals surface area contributed by atoms with Crippen molar-refractivity contribution in [3.63, 3.8) is 0 Å². The Morgan fingerprint density at radius 1 is 1.03 bits per heavy atom. The number of carbonyl (C=O) groups excluding carboxylic acids is 1. The molecule has 0 radical (unpaired) electrons. The highest BCUT2D eigenvalue weighted by Gasteiger charge is 2.34. The number of aromatic nitrogens is 1. The lowest BCUT2D eigenvalue weighted by Gasteiger charge is -2.37. The molecule has 7 heteroatoms. The van der Waals surface area contributed by atoms with Gasteiger partial charge >= 0.3 is 0 Å². The number of ketones is 1. The predicted molar refractivity (Wildman–Crippen MR) is 127 cm³/mol. The van der Waals surface area contributed by atoms with E-state index in [1.165, 1.54) is 24.0 Å². The van der Waals surface area contributed by atoms with Crippen molar-refractivity contribution in [2.75, 3.05) is 44.2 Å². The number of Topliss-reactive ketones (excluding diaryl/α,β-unsaturated/α-hetero) is 1. The zero-order valence-electron chi connectivity index (χ0n) is 19.1. The third-order valence-corrected chi connectivity index (χ3v) is 9.32. The van der Waals surface area contributed by atoms with Gasteiger partial charge < -0.3 is 4.57 Å². The summed E-state index contributed by atoms with van der Waals surface area (Å²) in [5.74, 6) is 0.777. The van der Waals surface area contributed by atoms with Crippen LogP contribution in [-0.4, -0.2) is 78.8 Å².